The normalized spacial score (nSPS) is 11.6. The average Bonchev–Trinajstić information content (AvgIpc) is 2.94. The molecule has 0 heterocycles. The summed E-state index contributed by atoms with van der Waals surface area (Å²) in [6.45, 7) is 12.9. The highest BCUT2D eigenvalue weighted by molar-refractivity contribution is 6.34. The molecule has 0 atom stereocenters. The van der Waals surface area contributed by atoms with E-state index in [0.717, 1.165) is 18.4 Å². The van der Waals surface area contributed by atoms with Crippen molar-refractivity contribution in [2.24, 2.45) is 0 Å². The molecule has 2 amide bonds. The summed E-state index contributed by atoms with van der Waals surface area (Å²) in [6.07, 6.45) is 1.60. The average molecular weight is 563 g/mol. The number of Topliss-reactive ketones (excluding diaryl/α,β-unsaturated/α-hetero) is 1. The van der Waals surface area contributed by atoms with E-state index in [0.29, 0.717) is 22.7 Å². The third kappa shape index (κ3) is 7.95. The van der Waals surface area contributed by atoms with Crippen molar-refractivity contribution in [1.29, 1.82) is 0 Å². The molecule has 0 saturated carbocycles. The molecule has 0 fully saturated rings. The van der Waals surface area contributed by atoms with Crippen LogP contribution in [0.4, 0.5) is 11.4 Å². The van der Waals surface area contributed by atoms with Crippen molar-refractivity contribution in [2.45, 2.75) is 71.6 Å². The van der Waals surface area contributed by atoms with E-state index in [9.17, 15) is 14.4 Å². The number of carbonyl (C=O) groups excluding carboxylic acids is 3. The topological polar surface area (TPSA) is 84.5 Å². The molecule has 3 aromatic carbocycles. The highest BCUT2D eigenvalue weighted by atomic mass is 35.5. The van der Waals surface area contributed by atoms with E-state index < -0.39 is 5.91 Å². The Balaban J connectivity index is 1.67. The van der Waals surface area contributed by atoms with Crippen LogP contribution in [0.2, 0.25) is 5.02 Å². The number of carbonyl (C=O) groups is 3. The number of anilines is 2. The fraction of sp³-hybridized carbons (Fsp3) is 0.364. The second kappa shape index (κ2) is 13.1. The summed E-state index contributed by atoms with van der Waals surface area (Å²) >= 11 is 6.26. The lowest BCUT2D eigenvalue weighted by molar-refractivity contribution is -0.118. The fourth-order valence-corrected chi connectivity index (χ4v) is 4.27. The lowest BCUT2D eigenvalue weighted by Crippen LogP contribution is -2.24. The highest BCUT2D eigenvalue weighted by Gasteiger charge is 2.27. The van der Waals surface area contributed by atoms with Crippen molar-refractivity contribution in [2.75, 3.05) is 17.2 Å². The SMILES string of the molecule is CCC(C)(C)c1ccc(OCC(=O)Nc2ccc(Cl)c(NC(=O)CC(=O)c3ccccc3)c2)c(C(C)(C)CC)c1. The van der Waals surface area contributed by atoms with Crippen molar-refractivity contribution in [3.8, 4) is 5.75 Å². The third-order valence-corrected chi connectivity index (χ3v) is 7.89. The summed E-state index contributed by atoms with van der Waals surface area (Å²) in [5.41, 5.74) is 3.41. The minimum atomic E-state index is -0.497. The number of halogens is 1. The van der Waals surface area contributed by atoms with Gasteiger partial charge in [-0.25, -0.2) is 0 Å². The highest BCUT2D eigenvalue weighted by Crippen LogP contribution is 2.38. The molecule has 6 nitrogen and oxygen atoms in total. The van der Waals surface area contributed by atoms with Gasteiger partial charge in [-0.05, 0) is 53.5 Å². The number of benzene rings is 3. The Morgan fingerprint density at radius 2 is 1.48 bits per heavy atom. The Kier molecular flexibility index (Phi) is 10.2. The first-order valence-electron chi connectivity index (χ1n) is 13.6. The van der Waals surface area contributed by atoms with Crippen molar-refractivity contribution in [1.82, 2.24) is 0 Å². The number of ether oxygens (including phenoxy) is 1. The van der Waals surface area contributed by atoms with Gasteiger partial charge in [0.05, 0.1) is 17.1 Å². The van der Waals surface area contributed by atoms with Gasteiger partial charge in [0, 0.05) is 16.8 Å². The molecule has 0 aromatic heterocycles. The predicted octanol–water partition coefficient (Wildman–Crippen LogP) is 7.94. The molecule has 0 aliphatic heterocycles. The molecule has 40 heavy (non-hydrogen) atoms. The van der Waals surface area contributed by atoms with E-state index in [1.807, 2.05) is 6.07 Å². The fourth-order valence-electron chi connectivity index (χ4n) is 4.11. The van der Waals surface area contributed by atoms with Crippen molar-refractivity contribution in [3.63, 3.8) is 0 Å². The Bertz CT molecular complexity index is 1370. The minimum Gasteiger partial charge on any atom is -0.483 e. The quantitative estimate of drug-likeness (QED) is 0.173. The Morgan fingerprint density at radius 3 is 2.12 bits per heavy atom. The van der Waals surface area contributed by atoms with Crippen LogP contribution in [0, 0.1) is 0 Å². The van der Waals surface area contributed by atoms with Crippen LogP contribution in [0.25, 0.3) is 0 Å². The zero-order chi connectivity index (χ0) is 29.5. The minimum absolute atomic E-state index is 0.0328. The van der Waals surface area contributed by atoms with Crippen LogP contribution in [0.5, 0.6) is 5.75 Å². The van der Waals surface area contributed by atoms with Crippen LogP contribution < -0.4 is 15.4 Å². The van der Waals surface area contributed by atoms with Gasteiger partial charge >= 0.3 is 0 Å². The van der Waals surface area contributed by atoms with E-state index in [1.54, 1.807) is 48.5 Å². The van der Waals surface area contributed by atoms with Gasteiger partial charge < -0.3 is 15.4 Å². The van der Waals surface area contributed by atoms with E-state index in [2.05, 4.69) is 64.3 Å². The molecule has 0 bridgehead atoms. The van der Waals surface area contributed by atoms with Gasteiger partial charge in [-0.2, -0.15) is 0 Å². The third-order valence-electron chi connectivity index (χ3n) is 7.56. The summed E-state index contributed by atoms with van der Waals surface area (Å²) in [5.74, 6) is -0.460. The zero-order valence-electron chi connectivity index (χ0n) is 24.2. The number of hydrogen-bond donors (Lipinski definition) is 2. The van der Waals surface area contributed by atoms with Gasteiger partial charge in [-0.15, -0.1) is 0 Å². The van der Waals surface area contributed by atoms with Gasteiger partial charge in [-0.1, -0.05) is 95.6 Å². The lowest BCUT2D eigenvalue weighted by atomic mass is 9.76. The lowest BCUT2D eigenvalue weighted by Gasteiger charge is -2.30. The molecule has 3 rings (SSSR count). The summed E-state index contributed by atoms with van der Waals surface area (Å²) in [6, 6.07) is 19.6. The number of amides is 2. The van der Waals surface area contributed by atoms with E-state index in [4.69, 9.17) is 16.3 Å². The standard InChI is InChI=1S/C33H39ClN2O4/c1-7-32(3,4)23-14-17-29(25(18-23)33(5,6)8-2)40-21-31(39)35-24-15-16-26(34)27(19-24)36-30(38)20-28(37)22-12-10-9-11-13-22/h9-19H,7-8,20-21H2,1-6H3,(H,35,39)(H,36,38). The van der Waals surface area contributed by atoms with Crippen LogP contribution in [0.3, 0.4) is 0 Å². The number of nitrogens with one attached hydrogen (secondary N) is 2. The van der Waals surface area contributed by atoms with Gasteiger partial charge in [0.15, 0.2) is 12.4 Å². The van der Waals surface area contributed by atoms with Crippen LogP contribution in [-0.2, 0) is 20.4 Å². The smallest absolute Gasteiger partial charge is 0.262 e. The number of hydrogen-bond acceptors (Lipinski definition) is 4. The monoisotopic (exact) mass is 562 g/mol. The molecular weight excluding hydrogens is 524 g/mol. The number of rotatable bonds is 12. The maximum atomic E-state index is 12.8. The second-order valence-electron chi connectivity index (χ2n) is 11.2. The molecule has 0 spiro atoms. The van der Waals surface area contributed by atoms with Crippen LogP contribution in [0.15, 0.2) is 66.7 Å². The Morgan fingerprint density at radius 1 is 0.800 bits per heavy atom. The summed E-state index contributed by atoms with van der Waals surface area (Å²) in [7, 11) is 0. The molecular formula is C33H39ClN2O4. The first kappa shape index (κ1) is 30.9. The molecule has 7 heteroatoms. The molecule has 212 valence electrons. The molecule has 3 aromatic rings. The first-order chi connectivity index (χ1) is 18.9. The van der Waals surface area contributed by atoms with E-state index in [-0.39, 0.29) is 40.6 Å². The number of ketones is 1. The largest absolute Gasteiger partial charge is 0.483 e. The van der Waals surface area contributed by atoms with Crippen molar-refractivity contribution < 1.29 is 19.1 Å². The Hall–Kier alpha value is -3.64. The second-order valence-corrected chi connectivity index (χ2v) is 11.6. The molecule has 2 N–H and O–H groups in total. The van der Waals surface area contributed by atoms with Crippen LogP contribution >= 0.6 is 11.6 Å². The maximum Gasteiger partial charge on any atom is 0.262 e. The van der Waals surface area contributed by atoms with Gasteiger partial charge in [0.25, 0.3) is 5.91 Å². The van der Waals surface area contributed by atoms with E-state index in [1.165, 1.54) is 5.56 Å². The van der Waals surface area contributed by atoms with Gasteiger partial charge in [-0.3, -0.25) is 14.4 Å². The summed E-state index contributed by atoms with van der Waals surface area (Å²) < 4.78 is 6.02. The van der Waals surface area contributed by atoms with Gasteiger partial charge in [0.2, 0.25) is 5.91 Å². The van der Waals surface area contributed by atoms with Crippen LogP contribution in [-0.4, -0.2) is 24.2 Å². The van der Waals surface area contributed by atoms with Crippen molar-refractivity contribution >= 4 is 40.6 Å². The molecule has 0 saturated heterocycles. The summed E-state index contributed by atoms with van der Waals surface area (Å²) in [5, 5.41) is 5.74. The molecule has 0 aliphatic rings. The Labute approximate surface area is 242 Å². The zero-order valence-corrected chi connectivity index (χ0v) is 24.9. The van der Waals surface area contributed by atoms with Gasteiger partial charge in [0.1, 0.15) is 5.75 Å². The summed E-state index contributed by atoms with van der Waals surface area (Å²) in [4.78, 5) is 37.6. The predicted molar refractivity (Wildman–Crippen MR) is 163 cm³/mol. The van der Waals surface area contributed by atoms with Crippen LogP contribution in [0.1, 0.15) is 82.3 Å². The molecule has 0 unspecified atom stereocenters. The molecule has 0 aliphatic carbocycles. The first-order valence-corrected chi connectivity index (χ1v) is 14.0. The van der Waals surface area contributed by atoms with E-state index >= 15 is 0 Å². The molecule has 0 radical (unpaired) electrons. The maximum absolute atomic E-state index is 12.8. The van der Waals surface area contributed by atoms with Crippen molar-refractivity contribution in [3.05, 3.63) is 88.4 Å².